The van der Waals surface area contributed by atoms with E-state index in [1.165, 1.54) is 38.5 Å². The van der Waals surface area contributed by atoms with Crippen molar-refractivity contribution in [2.24, 2.45) is 17.8 Å². The van der Waals surface area contributed by atoms with E-state index in [0.29, 0.717) is 0 Å². The van der Waals surface area contributed by atoms with Crippen LogP contribution in [0.4, 0.5) is 0 Å². The molecule has 14 heavy (non-hydrogen) atoms. The molecule has 0 aromatic heterocycles. The Bertz CT molecular complexity index is 113. The normalized spacial score (nSPS) is 15.9. The minimum Gasteiger partial charge on any atom is -0.0654 e. The van der Waals surface area contributed by atoms with Crippen LogP contribution in [0.25, 0.3) is 0 Å². The van der Waals surface area contributed by atoms with Crippen LogP contribution in [0.1, 0.15) is 73.1 Å². The SMILES string of the molecule is CCCCC(CC)C(C)C(CC)CC. The fraction of sp³-hybridized carbons (Fsp3) is 1.00. The van der Waals surface area contributed by atoms with Crippen LogP contribution in [0.5, 0.6) is 0 Å². The summed E-state index contributed by atoms with van der Waals surface area (Å²) >= 11 is 0. The molecule has 0 rings (SSSR count). The molecule has 2 atom stereocenters. The van der Waals surface area contributed by atoms with Crippen molar-refractivity contribution in [2.75, 3.05) is 0 Å². The second-order valence-corrected chi connectivity index (χ2v) is 4.75. The van der Waals surface area contributed by atoms with Crippen molar-refractivity contribution in [1.29, 1.82) is 0 Å². The molecule has 0 fully saturated rings. The fourth-order valence-electron chi connectivity index (χ4n) is 2.72. The van der Waals surface area contributed by atoms with E-state index in [1.54, 1.807) is 0 Å². The molecule has 0 aliphatic carbocycles. The second-order valence-electron chi connectivity index (χ2n) is 4.75. The molecule has 0 heterocycles. The van der Waals surface area contributed by atoms with E-state index in [0.717, 1.165) is 17.8 Å². The Kier molecular flexibility index (Phi) is 8.32. The molecule has 0 aliphatic rings. The highest BCUT2D eigenvalue weighted by molar-refractivity contribution is 4.71. The Balaban J connectivity index is 4.06. The smallest absolute Gasteiger partial charge is 0.0386 e. The molecule has 2 unspecified atom stereocenters. The summed E-state index contributed by atoms with van der Waals surface area (Å²) in [7, 11) is 0. The van der Waals surface area contributed by atoms with Gasteiger partial charge in [0.25, 0.3) is 0 Å². The highest BCUT2D eigenvalue weighted by atomic mass is 14.3. The van der Waals surface area contributed by atoms with Crippen molar-refractivity contribution < 1.29 is 0 Å². The molecule has 0 amide bonds. The summed E-state index contributed by atoms with van der Waals surface area (Å²) in [4.78, 5) is 0. The highest BCUT2D eigenvalue weighted by Crippen LogP contribution is 2.31. The molecule has 0 bridgehead atoms. The molecule has 0 radical (unpaired) electrons. The van der Waals surface area contributed by atoms with E-state index in [4.69, 9.17) is 0 Å². The number of rotatable bonds is 8. The molecule has 0 N–H and O–H groups in total. The quantitative estimate of drug-likeness (QED) is 0.498. The van der Waals surface area contributed by atoms with Crippen molar-refractivity contribution in [3.8, 4) is 0 Å². The Hall–Kier alpha value is 0. The summed E-state index contributed by atoms with van der Waals surface area (Å²) in [5.74, 6) is 2.86. The molecule has 0 aromatic rings. The highest BCUT2D eigenvalue weighted by Gasteiger charge is 2.21. The van der Waals surface area contributed by atoms with Crippen molar-refractivity contribution in [3.05, 3.63) is 0 Å². The minimum atomic E-state index is 0.932. The summed E-state index contributed by atoms with van der Waals surface area (Å²) in [6.45, 7) is 11.8. The van der Waals surface area contributed by atoms with Gasteiger partial charge in [-0.1, -0.05) is 73.1 Å². The third-order valence-corrected chi connectivity index (χ3v) is 3.99. The van der Waals surface area contributed by atoms with Crippen LogP contribution < -0.4 is 0 Å². The van der Waals surface area contributed by atoms with Crippen LogP contribution in [-0.2, 0) is 0 Å². The zero-order chi connectivity index (χ0) is 11.0. The van der Waals surface area contributed by atoms with Gasteiger partial charge < -0.3 is 0 Å². The predicted octanol–water partition coefficient (Wildman–Crippen LogP) is 5.28. The third-order valence-electron chi connectivity index (χ3n) is 3.99. The first-order chi connectivity index (χ1) is 6.71. The van der Waals surface area contributed by atoms with Gasteiger partial charge in [-0.05, 0) is 17.8 Å². The lowest BCUT2D eigenvalue weighted by molar-refractivity contribution is 0.213. The summed E-state index contributed by atoms with van der Waals surface area (Å²) in [5, 5.41) is 0. The van der Waals surface area contributed by atoms with Crippen LogP contribution in [-0.4, -0.2) is 0 Å². The van der Waals surface area contributed by atoms with Gasteiger partial charge in [-0.25, -0.2) is 0 Å². The van der Waals surface area contributed by atoms with Gasteiger partial charge in [0, 0.05) is 0 Å². The fourth-order valence-corrected chi connectivity index (χ4v) is 2.72. The first-order valence-electron chi connectivity index (χ1n) is 6.71. The molecular formula is C14H30. The number of hydrogen-bond acceptors (Lipinski definition) is 0. The third kappa shape index (κ3) is 4.48. The van der Waals surface area contributed by atoms with E-state index in [-0.39, 0.29) is 0 Å². The van der Waals surface area contributed by atoms with E-state index in [2.05, 4.69) is 34.6 Å². The summed E-state index contributed by atoms with van der Waals surface area (Å²) in [6, 6.07) is 0. The summed E-state index contributed by atoms with van der Waals surface area (Å²) in [6.07, 6.45) is 8.32. The number of hydrogen-bond donors (Lipinski definition) is 0. The van der Waals surface area contributed by atoms with Gasteiger partial charge in [-0.15, -0.1) is 0 Å². The molecule has 86 valence electrons. The van der Waals surface area contributed by atoms with Gasteiger partial charge >= 0.3 is 0 Å². The monoisotopic (exact) mass is 198 g/mol. The van der Waals surface area contributed by atoms with Crippen molar-refractivity contribution in [2.45, 2.75) is 73.1 Å². The summed E-state index contributed by atoms with van der Waals surface area (Å²) < 4.78 is 0. The molecule has 0 saturated carbocycles. The maximum atomic E-state index is 2.47. The Morgan fingerprint density at radius 2 is 1.29 bits per heavy atom. The van der Waals surface area contributed by atoms with Gasteiger partial charge in [0.2, 0.25) is 0 Å². The van der Waals surface area contributed by atoms with E-state index < -0.39 is 0 Å². The molecule has 0 aliphatic heterocycles. The lowest BCUT2D eigenvalue weighted by Gasteiger charge is -2.29. The van der Waals surface area contributed by atoms with Gasteiger partial charge in [0.05, 0.1) is 0 Å². The average Bonchev–Trinajstić information content (AvgIpc) is 2.21. The molecule has 0 heteroatoms. The predicted molar refractivity (Wildman–Crippen MR) is 66.5 cm³/mol. The van der Waals surface area contributed by atoms with Gasteiger partial charge in [0.1, 0.15) is 0 Å². The van der Waals surface area contributed by atoms with Gasteiger partial charge in [-0.2, -0.15) is 0 Å². The summed E-state index contributed by atoms with van der Waals surface area (Å²) in [5.41, 5.74) is 0. The lowest BCUT2D eigenvalue weighted by Crippen LogP contribution is -2.19. The van der Waals surface area contributed by atoms with Crippen LogP contribution in [0.3, 0.4) is 0 Å². The van der Waals surface area contributed by atoms with Gasteiger partial charge in [-0.3, -0.25) is 0 Å². The number of unbranched alkanes of at least 4 members (excludes halogenated alkanes) is 1. The molecule has 0 saturated heterocycles. The lowest BCUT2D eigenvalue weighted by atomic mass is 9.77. The zero-order valence-corrected chi connectivity index (χ0v) is 11.0. The average molecular weight is 198 g/mol. The topological polar surface area (TPSA) is 0 Å². The Morgan fingerprint density at radius 3 is 1.64 bits per heavy atom. The van der Waals surface area contributed by atoms with Crippen LogP contribution in [0, 0.1) is 17.8 Å². The zero-order valence-electron chi connectivity index (χ0n) is 11.0. The van der Waals surface area contributed by atoms with Crippen LogP contribution in [0.15, 0.2) is 0 Å². The van der Waals surface area contributed by atoms with Crippen molar-refractivity contribution >= 4 is 0 Å². The van der Waals surface area contributed by atoms with E-state index in [9.17, 15) is 0 Å². The Labute approximate surface area is 91.5 Å². The maximum absolute atomic E-state index is 2.47. The standard InChI is InChI=1S/C14H30/c1-6-10-11-14(9-4)12(5)13(7-2)8-3/h12-14H,6-11H2,1-5H3. The molecular weight excluding hydrogens is 168 g/mol. The largest absolute Gasteiger partial charge is 0.0654 e. The Morgan fingerprint density at radius 1 is 0.786 bits per heavy atom. The second kappa shape index (κ2) is 8.32. The van der Waals surface area contributed by atoms with Gasteiger partial charge in [0.15, 0.2) is 0 Å². The van der Waals surface area contributed by atoms with Crippen LogP contribution >= 0.6 is 0 Å². The molecule has 0 aromatic carbocycles. The van der Waals surface area contributed by atoms with E-state index >= 15 is 0 Å². The maximum Gasteiger partial charge on any atom is -0.0386 e. The minimum absolute atomic E-state index is 0.932. The van der Waals surface area contributed by atoms with Crippen molar-refractivity contribution in [1.82, 2.24) is 0 Å². The molecule has 0 spiro atoms. The molecule has 0 nitrogen and oxygen atoms in total. The van der Waals surface area contributed by atoms with E-state index in [1.807, 2.05) is 0 Å². The first kappa shape index (κ1) is 14.0. The van der Waals surface area contributed by atoms with Crippen LogP contribution in [0.2, 0.25) is 0 Å². The van der Waals surface area contributed by atoms with Crippen molar-refractivity contribution in [3.63, 3.8) is 0 Å². The first-order valence-corrected chi connectivity index (χ1v) is 6.71.